The Morgan fingerprint density at radius 1 is 1.30 bits per heavy atom. The van der Waals surface area contributed by atoms with Crippen molar-refractivity contribution < 1.29 is 14.4 Å². The first-order valence-electron chi connectivity index (χ1n) is 8.76. The Bertz CT molecular complexity index is 895. The first-order valence-corrected chi connectivity index (χ1v) is 9.57. The van der Waals surface area contributed by atoms with Crippen LogP contribution in [0.25, 0.3) is 0 Å². The van der Waals surface area contributed by atoms with Crippen LogP contribution < -0.4 is 10.6 Å². The molecule has 2 heterocycles. The summed E-state index contributed by atoms with van der Waals surface area (Å²) in [7, 11) is 0. The highest BCUT2D eigenvalue weighted by Gasteiger charge is 2.56. The molecule has 9 heteroatoms. The van der Waals surface area contributed by atoms with Gasteiger partial charge in [-0.3, -0.25) is 19.8 Å². The van der Waals surface area contributed by atoms with E-state index >= 15 is 0 Å². The average molecular weight is 385 g/mol. The van der Waals surface area contributed by atoms with E-state index in [4.69, 9.17) is 0 Å². The molecule has 4 rings (SSSR count). The van der Waals surface area contributed by atoms with Crippen LogP contribution in [0.5, 0.6) is 0 Å². The van der Waals surface area contributed by atoms with Crippen molar-refractivity contribution in [2.24, 2.45) is 5.92 Å². The van der Waals surface area contributed by atoms with Gasteiger partial charge >= 0.3 is 6.03 Å². The van der Waals surface area contributed by atoms with Crippen LogP contribution in [-0.4, -0.2) is 45.0 Å². The van der Waals surface area contributed by atoms with Gasteiger partial charge in [0, 0.05) is 6.42 Å². The van der Waals surface area contributed by atoms with Crippen LogP contribution in [0.2, 0.25) is 0 Å². The molecule has 4 amide bonds. The van der Waals surface area contributed by atoms with E-state index in [0.29, 0.717) is 11.6 Å². The quantitative estimate of drug-likeness (QED) is 0.738. The summed E-state index contributed by atoms with van der Waals surface area (Å²) >= 11 is 1.27. The summed E-state index contributed by atoms with van der Waals surface area (Å²) in [5, 5.41) is 14.5. The third-order valence-electron chi connectivity index (χ3n) is 4.91. The number of carbonyl (C=O) groups is 3. The molecule has 1 aliphatic carbocycles. The van der Waals surface area contributed by atoms with Crippen LogP contribution in [-0.2, 0) is 16.0 Å². The summed E-state index contributed by atoms with van der Waals surface area (Å²) in [6, 6.07) is 9.31. The van der Waals surface area contributed by atoms with E-state index in [1.54, 1.807) is 6.92 Å². The summed E-state index contributed by atoms with van der Waals surface area (Å²) < 4.78 is 0. The second-order valence-corrected chi connectivity index (χ2v) is 8.07. The van der Waals surface area contributed by atoms with Crippen LogP contribution >= 0.6 is 11.3 Å². The number of anilines is 1. The van der Waals surface area contributed by atoms with E-state index in [0.717, 1.165) is 28.3 Å². The van der Waals surface area contributed by atoms with E-state index < -0.39 is 17.5 Å². The van der Waals surface area contributed by atoms with Gasteiger partial charge in [-0.25, -0.2) is 4.79 Å². The summed E-state index contributed by atoms with van der Waals surface area (Å²) in [4.78, 5) is 37.9. The lowest BCUT2D eigenvalue weighted by molar-refractivity contribution is -0.134. The Balaban J connectivity index is 1.36. The molecule has 2 N–H and O–H groups in total. The van der Waals surface area contributed by atoms with E-state index in [1.165, 1.54) is 11.3 Å². The van der Waals surface area contributed by atoms with Crippen molar-refractivity contribution >= 4 is 34.3 Å². The molecule has 1 aliphatic heterocycles. The molecule has 0 radical (unpaired) electrons. The van der Waals surface area contributed by atoms with Gasteiger partial charge in [-0.2, -0.15) is 0 Å². The smallest absolute Gasteiger partial charge is 0.323 e. The zero-order chi connectivity index (χ0) is 19.0. The van der Waals surface area contributed by atoms with Crippen molar-refractivity contribution in [1.29, 1.82) is 0 Å². The predicted octanol–water partition coefficient (Wildman–Crippen LogP) is 1.79. The maximum Gasteiger partial charge on any atom is 0.325 e. The third-order valence-corrected chi connectivity index (χ3v) is 5.75. The minimum Gasteiger partial charge on any atom is -0.323 e. The van der Waals surface area contributed by atoms with Crippen LogP contribution in [0.15, 0.2) is 30.3 Å². The number of nitrogens with zero attached hydrogens (tertiary/aromatic N) is 3. The van der Waals surface area contributed by atoms with Gasteiger partial charge in [-0.1, -0.05) is 41.7 Å². The molecule has 1 atom stereocenters. The van der Waals surface area contributed by atoms with Crippen molar-refractivity contribution in [2.75, 3.05) is 11.9 Å². The topological polar surface area (TPSA) is 104 Å². The molecule has 2 fully saturated rings. The van der Waals surface area contributed by atoms with Gasteiger partial charge in [0.1, 0.15) is 17.1 Å². The van der Waals surface area contributed by atoms with Crippen LogP contribution in [0, 0.1) is 5.92 Å². The number of nitrogens with one attached hydrogen (secondary N) is 2. The lowest BCUT2D eigenvalue weighted by Gasteiger charge is -2.20. The molecule has 1 aromatic heterocycles. The Kier molecular flexibility index (Phi) is 4.39. The molecule has 8 nitrogen and oxygen atoms in total. The summed E-state index contributed by atoms with van der Waals surface area (Å²) in [5.41, 5.74) is 0.216. The highest BCUT2D eigenvalue weighted by atomic mass is 32.1. The van der Waals surface area contributed by atoms with Crippen LogP contribution in [0.3, 0.4) is 0 Å². The molecule has 1 saturated heterocycles. The average Bonchev–Trinajstić information content (AvgIpc) is 3.38. The molecule has 0 unspecified atom stereocenters. The fourth-order valence-corrected chi connectivity index (χ4v) is 4.04. The number of hydrogen-bond donors (Lipinski definition) is 2. The van der Waals surface area contributed by atoms with E-state index in [9.17, 15) is 14.4 Å². The fraction of sp³-hybridized carbons (Fsp3) is 0.389. The second-order valence-electron chi connectivity index (χ2n) is 7.01. The minimum absolute atomic E-state index is 0.158. The lowest BCUT2D eigenvalue weighted by atomic mass is 9.96. The normalized spacial score (nSPS) is 22.0. The van der Waals surface area contributed by atoms with Crippen molar-refractivity contribution in [2.45, 2.75) is 31.7 Å². The molecule has 0 bridgehead atoms. The third kappa shape index (κ3) is 3.55. The van der Waals surface area contributed by atoms with Gasteiger partial charge in [-0.05, 0) is 31.2 Å². The van der Waals surface area contributed by atoms with Gasteiger partial charge in [0.05, 0.1) is 0 Å². The first-order chi connectivity index (χ1) is 13.0. The molecule has 1 aromatic carbocycles. The van der Waals surface area contributed by atoms with E-state index in [2.05, 4.69) is 20.8 Å². The number of urea groups is 1. The van der Waals surface area contributed by atoms with Crippen molar-refractivity contribution in [3.8, 4) is 0 Å². The zero-order valence-corrected chi connectivity index (χ0v) is 15.6. The van der Waals surface area contributed by atoms with Gasteiger partial charge in [0.2, 0.25) is 11.0 Å². The number of benzene rings is 1. The monoisotopic (exact) mass is 385 g/mol. The maximum atomic E-state index is 12.6. The Morgan fingerprint density at radius 2 is 2.04 bits per heavy atom. The number of imide groups is 1. The summed E-state index contributed by atoms with van der Waals surface area (Å²) in [5.74, 6) is -0.654. The van der Waals surface area contributed by atoms with Gasteiger partial charge in [0.25, 0.3) is 5.91 Å². The number of aromatic nitrogens is 2. The number of carbonyl (C=O) groups excluding carboxylic acids is 3. The molecule has 2 aliphatic rings. The molecule has 1 saturated carbocycles. The lowest BCUT2D eigenvalue weighted by Crippen LogP contribution is -2.46. The molecular weight excluding hydrogens is 366 g/mol. The zero-order valence-electron chi connectivity index (χ0n) is 14.8. The predicted molar refractivity (Wildman–Crippen MR) is 99.2 cm³/mol. The van der Waals surface area contributed by atoms with Crippen LogP contribution in [0.4, 0.5) is 9.93 Å². The van der Waals surface area contributed by atoms with Crippen LogP contribution in [0.1, 0.15) is 30.3 Å². The number of rotatable bonds is 6. The highest BCUT2D eigenvalue weighted by molar-refractivity contribution is 7.15. The van der Waals surface area contributed by atoms with E-state index in [1.807, 2.05) is 30.3 Å². The Morgan fingerprint density at radius 3 is 2.74 bits per heavy atom. The van der Waals surface area contributed by atoms with Crippen molar-refractivity contribution in [3.05, 3.63) is 40.9 Å². The molecule has 0 spiro atoms. The minimum atomic E-state index is -0.886. The number of amides is 4. The SMILES string of the molecule is C[C@@]1(C2CC2)NC(=O)N(CC(=O)Nc2nnc(Cc3ccccc3)s2)C1=O. The van der Waals surface area contributed by atoms with Crippen molar-refractivity contribution in [1.82, 2.24) is 20.4 Å². The van der Waals surface area contributed by atoms with Crippen molar-refractivity contribution in [3.63, 3.8) is 0 Å². The Labute approximate surface area is 160 Å². The van der Waals surface area contributed by atoms with Gasteiger partial charge < -0.3 is 5.32 Å². The summed E-state index contributed by atoms with van der Waals surface area (Å²) in [6.07, 6.45) is 2.45. The molecule has 2 aromatic rings. The first kappa shape index (κ1) is 17.6. The fourth-order valence-electron chi connectivity index (χ4n) is 3.25. The maximum absolute atomic E-state index is 12.6. The summed E-state index contributed by atoms with van der Waals surface area (Å²) in [6.45, 7) is 1.39. The number of hydrogen-bond acceptors (Lipinski definition) is 6. The van der Waals surface area contributed by atoms with Gasteiger partial charge in [0.15, 0.2) is 0 Å². The Hall–Kier alpha value is -2.81. The van der Waals surface area contributed by atoms with E-state index in [-0.39, 0.29) is 18.4 Å². The molecule has 27 heavy (non-hydrogen) atoms. The molecular formula is C18H19N5O3S. The largest absolute Gasteiger partial charge is 0.325 e. The van der Waals surface area contributed by atoms with Gasteiger partial charge in [-0.15, -0.1) is 10.2 Å². The standard InChI is InChI=1S/C18H19N5O3S/c1-18(12-7-8-12)15(25)23(17(26)20-18)10-13(24)19-16-22-21-14(27-16)9-11-5-3-2-4-6-11/h2-6,12H,7-10H2,1H3,(H,20,26)(H,19,22,24)/t18-/m0/s1. The second kappa shape index (κ2) is 6.73. The highest BCUT2D eigenvalue weighted by Crippen LogP contribution is 2.42. The molecule has 140 valence electrons.